The maximum atomic E-state index is 13.3. The molecule has 11 nitrogen and oxygen atoms in total. The van der Waals surface area contributed by atoms with E-state index in [2.05, 4.69) is 15.3 Å². The summed E-state index contributed by atoms with van der Waals surface area (Å²) in [7, 11) is 3.09. The van der Waals surface area contributed by atoms with Crippen molar-refractivity contribution >= 4 is 17.0 Å². The number of benzene rings is 2. The van der Waals surface area contributed by atoms with E-state index in [4.69, 9.17) is 18.9 Å². The SMILES string of the molecule is COc1ccc(-c2nc(C(=O)On3c(O)ccc3O)c(-c3ccc(OC)cc3)c3nonc23)cc1. The molecule has 3 heterocycles. The summed E-state index contributed by atoms with van der Waals surface area (Å²) in [6.45, 7) is 0. The Balaban J connectivity index is 1.73. The molecule has 2 N–H and O–H groups in total. The van der Waals surface area contributed by atoms with Crippen LogP contribution in [0, 0.1) is 0 Å². The molecule has 35 heavy (non-hydrogen) atoms. The summed E-state index contributed by atoms with van der Waals surface area (Å²) in [4.78, 5) is 23.2. The summed E-state index contributed by atoms with van der Waals surface area (Å²) in [5.41, 5.74) is 2.23. The number of hydrogen-bond acceptors (Lipinski definition) is 10. The van der Waals surface area contributed by atoms with E-state index in [0.717, 1.165) is 0 Å². The van der Waals surface area contributed by atoms with Gasteiger partial charge in [-0.05, 0) is 52.3 Å². The highest BCUT2D eigenvalue weighted by atomic mass is 16.7. The molecule has 2 aromatic carbocycles. The molecule has 0 bridgehead atoms. The Labute approximate surface area is 197 Å². The van der Waals surface area contributed by atoms with E-state index in [1.54, 1.807) is 62.8 Å². The Hall–Kier alpha value is -5.06. The topological polar surface area (TPSA) is 142 Å². The van der Waals surface area contributed by atoms with Crippen molar-refractivity contribution in [3.63, 3.8) is 0 Å². The highest BCUT2D eigenvalue weighted by Gasteiger charge is 2.27. The fourth-order valence-electron chi connectivity index (χ4n) is 3.59. The predicted molar refractivity (Wildman–Crippen MR) is 122 cm³/mol. The van der Waals surface area contributed by atoms with Crippen LogP contribution in [0.5, 0.6) is 23.3 Å². The predicted octanol–water partition coefficient (Wildman–Crippen LogP) is 3.45. The lowest BCUT2D eigenvalue weighted by Gasteiger charge is -2.13. The summed E-state index contributed by atoms with van der Waals surface area (Å²) in [6, 6.07) is 16.2. The first kappa shape index (κ1) is 21.8. The van der Waals surface area contributed by atoms with E-state index >= 15 is 0 Å². The average Bonchev–Trinajstić information content (AvgIpc) is 3.50. The first-order valence-electron chi connectivity index (χ1n) is 10.3. The molecule has 3 aromatic heterocycles. The summed E-state index contributed by atoms with van der Waals surface area (Å²) in [5, 5.41) is 27.9. The summed E-state index contributed by atoms with van der Waals surface area (Å²) < 4.78 is 16.1. The number of carbonyl (C=O) groups excluding carboxylic acids is 1. The normalized spacial score (nSPS) is 10.9. The minimum Gasteiger partial charge on any atom is -0.497 e. The van der Waals surface area contributed by atoms with Crippen molar-refractivity contribution < 1.29 is 33.9 Å². The number of hydrogen-bond donors (Lipinski definition) is 2. The van der Waals surface area contributed by atoms with Gasteiger partial charge in [0.15, 0.2) is 11.2 Å². The Morgan fingerprint density at radius 1 is 0.800 bits per heavy atom. The van der Waals surface area contributed by atoms with Crippen molar-refractivity contribution in [3.05, 3.63) is 66.4 Å². The van der Waals surface area contributed by atoms with E-state index in [1.807, 2.05) is 0 Å². The van der Waals surface area contributed by atoms with Gasteiger partial charge in [-0.3, -0.25) is 0 Å². The molecule has 5 rings (SSSR count). The second kappa shape index (κ2) is 8.71. The fourth-order valence-corrected chi connectivity index (χ4v) is 3.59. The standard InChI is InChI=1S/C24H18N4O7/c1-32-15-7-3-13(4-8-15)19-21-23(27-35-26-21)20(14-5-9-16(33-2)10-6-14)25-22(19)24(31)34-28-17(29)11-12-18(28)30/h3-12,29-30H,1-2H3. The van der Waals surface area contributed by atoms with E-state index < -0.39 is 17.7 Å². The largest absolute Gasteiger partial charge is 0.497 e. The van der Waals surface area contributed by atoms with Gasteiger partial charge in [0.2, 0.25) is 11.8 Å². The number of aromatic hydroxyl groups is 2. The summed E-state index contributed by atoms with van der Waals surface area (Å²) >= 11 is 0. The smallest absolute Gasteiger partial charge is 0.382 e. The zero-order chi connectivity index (χ0) is 24.5. The van der Waals surface area contributed by atoms with Gasteiger partial charge in [-0.15, -0.1) is 4.73 Å². The van der Waals surface area contributed by atoms with Gasteiger partial charge in [0, 0.05) is 23.3 Å². The van der Waals surface area contributed by atoms with Gasteiger partial charge in [-0.2, -0.15) is 0 Å². The minimum atomic E-state index is -0.961. The molecule has 11 heteroatoms. The van der Waals surface area contributed by atoms with Gasteiger partial charge in [-0.25, -0.2) is 14.4 Å². The molecule has 0 radical (unpaired) electrons. The molecule has 0 aliphatic rings. The van der Waals surface area contributed by atoms with Crippen LogP contribution in [-0.2, 0) is 0 Å². The zero-order valence-electron chi connectivity index (χ0n) is 18.5. The number of fused-ring (bicyclic) bond motifs is 1. The molecular weight excluding hydrogens is 456 g/mol. The first-order valence-corrected chi connectivity index (χ1v) is 10.3. The number of ether oxygens (including phenoxy) is 2. The Morgan fingerprint density at radius 3 is 1.91 bits per heavy atom. The second-order valence-electron chi connectivity index (χ2n) is 7.33. The highest BCUT2D eigenvalue weighted by Crippen LogP contribution is 2.36. The molecule has 0 aliphatic carbocycles. The van der Waals surface area contributed by atoms with Crippen LogP contribution < -0.4 is 14.3 Å². The molecule has 0 spiro atoms. The third kappa shape index (κ3) is 3.84. The van der Waals surface area contributed by atoms with Crippen molar-refractivity contribution in [2.24, 2.45) is 0 Å². The van der Waals surface area contributed by atoms with Crippen molar-refractivity contribution in [2.45, 2.75) is 0 Å². The molecule has 0 atom stereocenters. The van der Waals surface area contributed by atoms with Crippen molar-refractivity contribution in [1.29, 1.82) is 0 Å². The molecule has 0 amide bonds. The number of pyridine rings is 1. The van der Waals surface area contributed by atoms with E-state index in [-0.39, 0.29) is 16.8 Å². The van der Waals surface area contributed by atoms with Crippen LogP contribution in [0.1, 0.15) is 10.5 Å². The lowest BCUT2D eigenvalue weighted by atomic mass is 9.99. The van der Waals surface area contributed by atoms with Crippen LogP contribution >= 0.6 is 0 Å². The molecular formula is C24H18N4O7. The quantitative estimate of drug-likeness (QED) is 0.376. The lowest BCUT2D eigenvalue weighted by molar-refractivity contribution is 0.0376. The Bertz CT molecular complexity index is 1500. The van der Waals surface area contributed by atoms with Gasteiger partial charge < -0.3 is 24.5 Å². The molecule has 5 aromatic rings. The zero-order valence-corrected chi connectivity index (χ0v) is 18.5. The summed E-state index contributed by atoms with van der Waals surface area (Å²) in [6.07, 6.45) is 0. The van der Waals surface area contributed by atoms with Crippen LogP contribution in [0.15, 0.2) is 65.3 Å². The Kier molecular flexibility index (Phi) is 5.41. The van der Waals surface area contributed by atoms with Crippen molar-refractivity contribution in [3.8, 4) is 45.6 Å². The summed E-state index contributed by atoms with van der Waals surface area (Å²) in [5.74, 6) is -0.659. The molecule has 176 valence electrons. The number of aromatic nitrogens is 4. The van der Waals surface area contributed by atoms with Gasteiger partial charge in [0.1, 0.15) is 22.7 Å². The van der Waals surface area contributed by atoms with Gasteiger partial charge >= 0.3 is 5.97 Å². The maximum Gasteiger partial charge on any atom is 0.382 e. The van der Waals surface area contributed by atoms with Crippen molar-refractivity contribution in [2.75, 3.05) is 14.2 Å². The lowest BCUT2D eigenvalue weighted by Crippen LogP contribution is -2.21. The van der Waals surface area contributed by atoms with Crippen molar-refractivity contribution in [1.82, 2.24) is 20.0 Å². The third-order valence-electron chi connectivity index (χ3n) is 5.32. The number of methoxy groups -OCH3 is 2. The number of rotatable bonds is 6. The van der Waals surface area contributed by atoms with Crippen LogP contribution in [-0.4, -0.2) is 50.4 Å². The number of nitrogens with zero attached hydrogens (tertiary/aromatic N) is 4. The van der Waals surface area contributed by atoms with Crippen LogP contribution in [0.4, 0.5) is 0 Å². The van der Waals surface area contributed by atoms with Crippen LogP contribution in [0.3, 0.4) is 0 Å². The molecule has 0 saturated heterocycles. The molecule has 0 saturated carbocycles. The second-order valence-corrected chi connectivity index (χ2v) is 7.33. The molecule has 0 aliphatic heterocycles. The van der Waals surface area contributed by atoms with Gasteiger partial charge in [0.05, 0.1) is 14.2 Å². The van der Waals surface area contributed by atoms with Gasteiger partial charge in [0.25, 0.3) is 0 Å². The molecule has 0 unspecified atom stereocenters. The van der Waals surface area contributed by atoms with Crippen LogP contribution in [0.2, 0.25) is 0 Å². The number of carbonyl (C=O) groups is 1. The highest BCUT2D eigenvalue weighted by molar-refractivity contribution is 6.07. The first-order chi connectivity index (χ1) is 17.0. The van der Waals surface area contributed by atoms with E-state index in [9.17, 15) is 15.0 Å². The average molecular weight is 474 g/mol. The monoisotopic (exact) mass is 474 g/mol. The molecule has 0 fully saturated rings. The third-order valence-corrected chi connectivity index (χ3v) is 5.32. The van der Waals surface area contributed by atoms with Crippen LogP contribution in [0.25, 0.3) is 33.4 Å². The van der Waals surface area contributed by atoms with E-state index in [0.29, 0.717) is 38.6 Å². The van der Waals surface area contributed by atoms with Gasteiger partial charge in [-0.1, -0.05) is 12.1 Å². The fraction of sp³-hybridized carbons (Fsp3) is 0.0833. The Morgan fingerprint density at radius 2 is 1.34 bits per heavy atom. The minimum absolute atomic E-state index is 0.142. The van der Waals surface area contributed by atoms with E-state index in [1.165, 1.54) is 12.1 Å². The maximum absolute atomic E-state index is 13.3.